The molecule has 0 aliphatic rings. The summed E-state index contributed by atoms with van der Waals surface area (Å²) in [5.41, 5.74) is 0. The number of ether oxygens (including phenoxy) is 2. The van der Waals surface area contributed by atoms with Crippen LogP contribution < -0.4 is 0 Å². The van der Waals surface area contributed by atoms with Gasteiger partial charge in [-0.3, -0.25) is 0 Å². The minimum atomic E-state index is -0.746. The van der Waals surface area contributed by atoms with E-state index in [1.54, 1.807) is 0 Å². The van der Waals surface area contributed by atoms with Gasteiger partial charge in [0.15, 0.2) is 0 Å². The maximum absolute atomic E-state index is 6.21. The van der Waals surface area contributed by atoms with E-state index in [2.05, 4.69) is 20.4 Å². The van der Waals surface area contributed by atoms with Crippen LogP contribution in [0.3, 0.4) is 0 Å². The smallest absolute Gasteiger partial charge is 1.00 e. The molecule has 0 saturated carbocycles. The van der Waals surface area contributed by atoms with E-state index in [9.17, 15) is 0 Å². The van der Waals surface area contributed by atoms with Crippen LogP contribution in [0.5, 0.6) is 0 Å². The van der Waals surface area contributed by atoms with E-state index in [1.165, 1.54) is 0 Å². The average molecular weight is 265 g/mol. The van der Waals surface area contributed by atoms with Crippen molar-refractivity contribution in [1.29, 1.82) is 0 Å². The van der Waals surface area contributed by atoms with E-state index in [4.69, 9.17) is 21.1 Å². The maximum Gasteiger partial charge on any atom is 2.00 e. The van der Waals surface area contributed by atoms with Crippen molar-refractivity contribution in [3.63, 3.8) is 0 Å². The van der Waals surface area contributed by atoms with E-state index in [-0.39, 0.29) is 25.9 Å². The molecule has 0 aromatic carbocycles. The zero-order chi connectivity index (χ0) is 10.9. The molecule has 0 atom stereocenters. The zero-order valence-corrected chi connectivity index (χ0v) is 13.9. The Bertz CT molecular complexity index is 137. The summed E-state index contributed by atoms with van der Waals surface area (Å²) in [5.74, 6) is 0. The van der Waals surface area contributed by atoms with Gasteiger partial charge >= 0.3 is 23.1 Å². The van der Waals surface area contributed by atoms with Crippen LogP contribution >= 0.6 is 11.6 Å². The van der Waals surface area contributed by atoms with Gasteiger partial charge < -0.3 is 12.3 Å². The Morgan fingerprint density at radius 1 is 1.13 bits per heavy atom. The third-order valence-electron chi connectivity index (χ3n) is 2.05. The molecule has 0 aliphatic carbocycles. The molecular formula is C10H25ClMgO2Si. The van der Waals surface area contributed by atoms with Gasteiger partial charge in [0.1, 0.15) is 9.52 Å². The average Bonchev–Trinajstić information content (AvgIpc) is 2.19. The predicted octanol–water partition coefficient (Wildman–Crippen LogP) is 2.53. The second-order valence-corrected chi connectivity index (χ2v) is 6.08. The molecule has 0 heterocycles. The largest absolute Gasteiger partial charge is 2.00 e. The molecule has 0 unspecified atom stereocenters. The first-order chi connectivity index (χ1) is 6.68. The summed E-state index contributed by atoms with van der Waals surface area (Å²) in [7, 11) is -0.503. The minimum absolute atomic E-state index is 0. The van der Waals surface area contributed by atoms with E-state index >= 15 is 0 Å². The summed E-state index contributed by atoms with van der Waals surface area (Å²) in [5, 5.41) is 0. The van der Waals surface area contributed by atoms with Crippen molar-refractivity contribution < 1.29 is 12.3 Å². The Balaban J connectivity index is -0.000000282. The Hall–Kier alpha value is 1.19. The SMILES string of the molecule is CCCCOC(Cl)(OCCCC)[SiH2]C.[H-].[H-].[Mg+2]. The first-order valence-corrected chi connectivity index (χ1v) is 8.15. The maximum atomic E-state index is 6.21. The number of unbranched alkanes of at least 4 members (excludes halogenated alkanes) is 2. The summed E-state index contributed by atoms with van der Waals surface area (Å²) < 4.78 is 11.1. The number of halogens is 1. The molecule has 0 aromatic rings. The zero-order valence-electron chi connectivity index (χ0n) is 12.4. The van der Waals surface area contributed by atoms with Gasteiger partial charge in [-0.25, -0.2) is 0 Å². The third-order valence-corrected chi connectivity index (χ3v) is 4.33. The van der Waals surface area contributed by atoms with Gasteiger partial charge in [0, 0.05) is 0 Å². The minimum Gasteiger partial charge on any atom is -1.00 e. The molecule has 2 nitrogen and oxygen atoms in total. The van der Waals surface area contributed by atoms with E-state index in [0.717, 1.165) is 25.7 Å². The van der Waals surface area contributed by atoms with Crippen molar-refractivity contribution in [2.75, 3.05) is 13.2 Å². The molecule has 0 bridgehead atoms. The van der Waals surface area contributed by atoms with Crippen molar-refractivity contribution >= 4 is 44.2 Å². The molecular weight excluding hydrogens is 240 g/mol. The van der Waals surface area contributed by atoms with Crippen molar-refractivity contribution in [1.82, 2.24) is 0 Å². The molecule has 15 heavy (non-hydrogen) atoms. The van der Waals surface area contributed by atoms with Gasteiger partial charge in [0.05, 0.1) is 13.2 Å². The molecule has 0 aliphatic heterocycles. The quantitative estimate of drug-likeness (QED) is 0.276. The van der Waals surface area contributed by atoms with Crippen molar-refractivity contribution in [3.8, 4) is 0 Å². The predicted molar refractivity (Wildman–Crippen MR) is 72.7 cm³/mol. The molecule has 5 heteroatoms. The van der Waals surface area contributed by atoms with Gasteiger partial charge in [-0.2, -0.15) is 0 Å². The topological polar surface area (TPSA) is 18.5 Å². The van der Waals surface area contributed by atoms with Gasteiger partial charge in [0.25, 0.3) is 0 Å². The second-order valence-electron chi connectivity index (χ2n) is 3.42. The second kappa shape index (κ2) is 11.7. The molecule has 0 saturated heterocycles. The third kappa shape index (κ3) is 10.1. The number of alkyl halides is 1. The molecule has 0 amide bonds. The summed E-state index contributed by atoms with van der Waals surface area (Å²) in [6.45, 7) is 7.83. The first-order valence-electron chi connectivity index (χ1n) is 5.65. The van der Waals surface area contributed by atoms with Crippen LogP contribution in [0.2, 0.25) is 6.55 Å². The Kier molecular flexibility index (Phi) is 14.4. The van der Waals surface area contributed by atoms with E-state index < -0.39 is 14.4 Å². The molecule has 0 fully saturated rings. The number of rotatable bonds is 9. The first kappa shape index (κ1) is 18.6. The van der Waals surface area contributed by atoms with Crippen LogP contribution in [0.1, 0.15) is 42.4 Å². The Labute approximate surface area is 120 Å². The van der Waals surface area contributed by atoms with Crippen LogP contribution in [-0.2, 0) is 9.47 Å². The molecule has 0 rings (SSSR count). The van der Waals surface area contributed by atoms with Crippen molar-refractivity contribution in [2.24, 2.45) is 0 Å². The van der Waals surface area contributed by atoms with Crippen LogP contribution in [0.15, 0.2) is 0 Å². The summed E-state index contributed by atoms with van der Waals surface area (Å²) in [6.07, 6.45) is 4.38. The summed E-state index contributed by atoms with van der Waals surface area (Å²) in [4.78, 5) is -0.746. The molecule has 0 N–H and O–H groups in total. The van der Waals surface area contributed by atoms with Gasteiger partial charge in [-0.15, -0.1) is 0 Å². The van der Waals surface area contributed by atoms with Crippen LogP contribution in [-0.4, -0.2) is 50.7 Å². The molecule has 90 valence electrons. The van der Waals surface area contributed by atoms with Crippen LogP contribution in [0, 0.1) is 0 Å². The normalized spacial score (nSPS) is 12.0. The van der Waals surface area contributed by atoms with Gasteiger partial charge in [-0.05, 0) is 12.8 Å². The van der Waals surface area contributed by atoms with Crippen molar-refractivity contribution in [2.45, 2.75) is 50.9 Å². The summed E-state index contributed by atoms with van der Waals surface area (Å²) in [6, 6.07) is 0. The summed E-state index contributed by atoms with van der Waals surface area (Å²) >= 11 is 6.21. The van der Waals surface area contributed by atoms with Gasteiger partial charge in [-0.1, -0.05) is 44.8 Å². The fraction of sp³-hybridized carbons (Fsp3) is 1.00. The van der Waals surface area contributed by atoms with Gasteiger partial charge in [0.2, 0.25) is 4.87 Å². The monoisotopic (exact) mass is 264 g/mol. The molecule has 0 spiro atoms. The number of hydrogen-bond acceptors (Lipinski definition) is 2. The fourth-order valence-corrected chi connectivity index (χ4v) is 1.83. The standard InChI is InChI=1S/C10H23ClO2Si.Mg.2H/c1-4-6-8-12-10(11,14-3)13-9-7-5-2;;;/h4-9,14H2,1-3H3;;;/q;+2;2*-1. The molecule has 0 aromatic heterocycles. The van der Waals surface area contributed by atoms with E-state index in [0.29, 0.717) is 13.2 Å². The van der Waals surface area contributed by atoms with Crippen LogP contribution in [0.25, 0.3) is 0 Å². The Morgan fingerprint density at radius 2 is 1.53 bits per heavy atom. The van der Waals surface area contributed by atoms with Crippen LogP contribution in [0.4, 0.5) is 0 Å². The Morgan fingerprint density at radius 3 is 1.80 bits per heavy atom. The number of hydrogen-bond donors (Lipinski definition) is 0. The van der Waals surface area contributed by atoms with Crippen molar-refractivity contribution in [3.05, 3.63) is 0 Å². The molecule has 0 radical (unpaired) electrons. The fourth-order valence-electron chi connectivity index (χ4n) is 0.984. The van der Waals surface area contributed by atoms with E-state index in [1.807, 2.05) is 0 Å².